The van der Waals surface area contributed by atoms with E-state index in [2.05, 4.69) is 0 Å². The van der Waals surface area contributed by atoms with Crippen LogP contribution in [0.1, 0.15) is 31.7 Å². The molecule has 2 aliphatic rings. The third-order valence-corrected chi connectivity index (χ3v) is 4.59. The first-order valence-corrected chi connectivity index (χ1v) is 7.66. The Bertz CT molecular complexity index is 536. The molecule has 0 radical (unpaired) electrons. The van der Waals surface area contributed by atoms with Gasteiger partial charge in [0.2, 0.25) is 5.91 Å². The highest BCUT2D eigenvalue weighted by molar-refractivity contribution is 5.86. The minimum absolute atomic E-state index is 0.129. The molecule has 1 saturated carbocycles. The summed E-state index contributed by atoms with van der Waals surface area (Å²) in [5, 5.41) is 0. The molecule has 3 rings (SSSR count). The predicted octanol–water partition coefficient (Wildman–Crippen LogP) is 2.13. The van der Waals surface area contributed by atoms with Crippen LogP contribution in [0.2, 0.25) is 0 Å². The average Bonchev–Trinajstić information content (AvgIpc) is 3.25. The number of esters is 1. The normalized spacial score (nSPS) is 23.2. The van der Waals surface area contributed by atoms with Crippen LogP contribution in [0, 0.1) is 5.92 Å². The SMILES string of the molecule is CCN1C[C@H](COC(=O)C2(c3ccccc3)CC2)CC1=O. The summed E-state index contributed by atoms with van der Waals surface area (Å²) in [6.45, 7) is 3.77. The number of ether oxygens (including phenoxy) is 1. The van der Waals surface area contributed by atoms with E-state index in [0.717, 1.165) is 24.9 Å². The number of amides is 1. The fourth-order valence-corrected chi connectivity index (χ4v) is 3.10. The molecule has 1 heterocycles. The zero-order valence-corrected chi connectivity index (χ0v) is 12.4. The van der Waals surface area contributed by atoms with Crippen molar-refractivity contribution in [2.24, 2.45) is 5.92 Å². The molecule has 2 fully saturated rings. The number of rotatable bonds is 5. The summed E-state index contributed by atoms with van der Waals surface area (Å²) in [6.07, 6.45) is 2.22. The fourth-order valence-electron chi connectivity index (χ4n) is 3.10. The van der Waals surface area contributed by atoms with Gasteiger partial charge in [0.05, 0.1) is 12.0 Å². The molecular formula is C17H21NO3. The summed E-state index contributed by atoms with van der Waals surface area (Å²) in [4.78, 5) is 25.9. The highest BCUT2D eigenvalue weighted by atomic mass is 16.5. The lowest BCUT2D eigenvalue weighted by Gasteiger charge is -2.17. The Morgan fingerprint density at radius 3 is 2.62 bits per heavy atom. The van der Waals surface area contributed by atoms with E-state index in [9.17, 15) is 9.59 Å². The fraction of sp³-hybridized carbons (Fsp3) is 0.529. The van der Waals surface area contributed by atoms with Crippen LogP contribution >= 0.6 is 0 Å². The number of nitrogens with zero attached hydrogens (tertiary/aromatic N) is 1. The molecule has 1 aliphatic heterocycles. The Hall–Kier alpha value is -1.84. The Kier molecular flexibility index (Phi) is 3.70. The highest BCUT2D eigenvalue weighted by Gasteiger charge is 2.52. The molecule has 21 heavy (non-hydrogen) atoms. The third kappa shape index (κ3) is 2.67. The summed E-state index contributed by atoms with van der Waals surface area (Å²) in [5.41, 5.74) is 0.626. The van der Waals surface area contributed by atoms with Gasteiger partial charge in [0.15, 0.2) is 0 Å². The van der Waals surface area contributed by atoms with Crippen molar-refractivity contribution >= 4 is 11.9 Å². The van der Waals surface area contributed by atoms with E-state index in [1.807, 2.05) is 42.2 Å². The molecular weight excluding hydrogens is 266 g/mol. The van der Waals surface area contributed by atoms with E-state index in [1.54, 1.807) is 0 Å². The Morgan fingerprint density at radius 2 is 2.05 bits per heavy atom. The first-order chi connectivity index (χ1) is 10.2. The molecule has 0 aromatic heterocycles. The summed E-state index contributed by atoms with van der Waals surface area (Å²) >= 11 is 0. The maximum absolute atomic E-state index is 12.4. The average molecular weight is 287 g/mol. The van der Waals surface area contributed by atoms with Crippen LogP contribution in [0.15, 0.2) is 30.3 Å². The number of hydrogen-bond donors (Lipinski definition) is 0. The van der Waals surface area contributed by atoms with Crippen molar-refractivity contribution in [3.05, 3.63) is 35.9 Å². The van der Waals surface area contributed by atoms with Gasteiger partial charge in [-0.2, -0.15) is 0 Å². The van der Waals surface area contributed by atoms with Gasteiger partial charge in [-0.15, -0.1) is 0 Å². The molecule has 1 aromatic rings. The monoisotopic (exact) mass is 287 g/mol. The first kappa shape index (κ1) is 14.1. The smallest absolute Gasteiger partial charge is 0.316 e. The van der Waals surface area contributed by atoms with Crippen LogP contribution < -0.4 is 0 Å². The van der Waals surface area contributed by atoms with E-state index in [-0.39, 0.29) is 17.8 Å². The summed E-state index contributed by atoms with van der Waals surface area (Å²) < 4.78 is 5.53. The van der Waals surface area contributed by atoms with Crippen molar-refractivity contribution in [1.82, 2.24) is 4.90 Å². The number of carbonyl (C=O) groups is 2. The summed E-state index contributed by atoms with van der Waals surface area (Å²) in [6, 6.07) is 9.85. The molecule has 1 amide bonds. The number of carbonyl (C=O) groups excluding carboxylic acids is 2. The van der Waals surface area contributed by atoms with Gasteiger partial charge in [0.25, 0.3) is 0 Å². The zero-order chi connectivity index (χ0) is 14.9. The molecule has 0 bridgehead atoms. The van der Waals surface area contributed by atoms with Crippen LogP contribution in [-0.2, 0) is 19.7 Å². The summed E-state index contributed by atoms with van der Waals surface area (Å²) in [5.74, 6) is 0.187. The molecule has 1 atom stereocenters. The molecule has 0 spiro atoms. The third-order valence-electron chi connectivity index (χ3n) is 4.59. The molecule has 1 saturated heterocycles. The number of benzene rings is 1. The highest BCUT2D eigenvalue weighted by Crippen LogP contribution is 2.49. The van der Waals surface area contributed by atoms with Crippen molar-refractivity contribution in [2.75, 3.05) is 19.7 Å². The van der Waals surface area contributed by atoms with Crippen molar-refractivity contribution in [1.29, 1.82) is 0 Å². The molecule has 1 aromatic carbocycles. The van der Waals surface area contributed by atoms with Crippen molar-refractivity contribution < 1.29 is 14.3 Å². The molecule has 1 aliphatic carbocycles. The molecule has 4 heteroatoms. The van der Waals surface area contributed by atoms with Crippen LogP contribution in [0.5, 0.6) is 0 Å². The molecule has 0 N–H and O–H groups in total. The maximum Gasteiger partial charge on any atom is 0.316 e. The van der Waals surface area contributed by atoms with Gasteiger partial charge in [-0.3, -0.25) is 9.59 Å². The maximum atomic E-state index is 12.4. The lowest BCUT2D eigenvalue weighted by molar-refractivity contribution is -0.148. The zero-order valence-electron chi connectivity index (χ0n) is 12.4. The van der Waals surface area contributed by atoms with Crippen LogP contribution in [0.25, 0.3) is 0 Å². The quantitative estimate of drug-likeness (QED) is 0.779. The van der Waals surface area contributed by atoms with Gasteiger partial charge in [-0.05, 0) is 25.3 Å². The van der Waals surface area contributed by atoms with Crippen LogP contribution in [0.3, 0.4) is 0 Å². The number of hydrogen-bond acceptors (Lipinski definition) is 3. The van der Waals surface area contributed by atoms with Crippen LogP contribution in [-0.4, -0.2) is 36.5 Å². The van der Waals surface area contributed by atoms with E-state index in [1.165, 1.54) is 0 Å². The molecule has 0 unspecified atom stereocenters. The van der Waals surface area contributed by atoms with E-state index in [0.29, 0.717) is 19.6 Å². The van der Waals surface area contributed by atoms with E-state index < -0.39 is 5.41 Å². The topological polar surface area (TPSA) is 46.6 Å². The second-order valence-corrected chi connectivity index (χ2v) is 6.05. The minimum atomic E-state index is -0.422. The summed E-state index contributed by atoms with van der Waals surface area (Å²) in [7, 11) is 0. The van der Waals surface area contributed by atoms with Gasteiger partial charge < -0.3 is 9.64 Å². The van der Waals surface area contributed by atoms with Gasteiger partial charge >= 0.3 is 5.97 Å². The first-order valence-electron chi connectivity index (χ1n) is 7.66. The Balaban J connectivity index is 1.57. The second kappa shape index (κ2) is 5.51. The Morgan fingerprint density at radius 1 is 1.33 bits per heavy atom. The van der Waals surface area contributed by atoms with Crippen molar-refractivity contribution in [2.45, 2.75) is 31.6 Å². The van der Waals surface area contributed by atoms with E-state index in [4.69, 9.17) is 4.74 Å². The predicted molar refractivity (Wildman–Crippen MR) is 78.7 cm³/mol. The molecule has 112 valence electrons. The lowest BCUT2D eigenvalue weighted by Crippen LogP contribution is -2.27. The lowest BCUT2D eigenvalue weighted by atomic mass is 9.96. The second-order valence-electron chi connectivity index (χ2n) is 6.05. The molecule has 4 nitrogen and oxygen atoms in total. The van der Waals surface area contributed by atoms with Gasteiger partial charge in [-0.1, -0.05) is 30.3 Å². The van der Waals surface area contributed by atoms with Gasteiger partial charge in [0.1, 0.15) is 0 Å². The number of likely N-dealkylation sites (tertiary alicyclic amines) is 1. The van der Waals surface area contributed by atoms with Crippen molar-refractivity contribution in [3.8, 4) is 0 Å². The van der Waals surface area contributed by atoms with E-state index >= 15 is 0 Å². The largest absolute Gasteiger partial charge is 0.465 e. The Labute approximate surface area is 125 Å². The van der Waals surface area contributed by atoms with Gasteiger partial charge in [-0.25, -0.2) is 0 Å². The minimum Gasteiger partial charge on any atom is -0.465 e. The van der Waals surface area contributed by atoms with Crippen molar-refractivity contribution in [3.63, 3.8) is 0 Å². The van der Waals surface area contributed by atoms with Gasteiger partial charge in [0, 0.05) is 25.4 Å². The standard InChI is InChI=1S/C17H21NO3/c1-2-18-11-13(10-15(18)19)12-21-16(20)17(8-9-17)14-6-4-3-5-7-14/h3-7,13H,2,8-12H2,1H3/t13-/m1/s1. The van der Waals surface area contributed by atoms with Crippen LogP contribution in [0.4, 0.5) is 0 Å².